The number of nitrogens with two attached hydrogens (primary N) is 1. The maximum Gasteiger partial charge on any atom is 0.253 e. The van der Waals surface area contributed by atoms with Crippen LogP contribution in [0.4, 0.5) is 0 Å². The lowest BCUT2D eigenvalue weighted by Gasteiger charge is -2.19. The molecule has 82 valence electrons. The summed E-state index contributed by atoms with van der Waals surface area (Å²) in [6.45, 7) is 3.66. The highest BCUT2D eigenvalue weighted by atomic mass is 35.5. The molecular weight excluding hydrogens is 212 g/mol. The van der Waals surface area contributed by atoms with Gasteiger partial charge in [0.05, 0.1) is 0 Å². The quantitative estimate of drug-likeness (QED) is 0.851. The summed E-state index contributed by atoms with van der Waals surface area (Å²) in [6, 6.07) is 6.88. The second-order valence-electron chi connectivity index (χ2n) is 3.18. The van der Waals surface area contributed by atoms with Gasteiger partial charge in [0.2, 0.25) is 0 Å². The Morgan fingerprint density at radius 1 is 1.40 bits per heavy atom. The zero-order chi connectivity index (χ0) is 11.3. The molecular formula is C11H15ClN2O. The lowest BCUT2D eigenvalue weighted by molar-refractivity contribution is 0.0769. The third-order valence-corrected chi connectivity index (χ3v) is 2.41. The second kappa shape index (κ2) is 5.73. The van der Waals surface area contributed by atoms with Gasteiger partial charge in [-0.2, -0.15) is 0 Å². The molecule has 1 aromatic rings. The Morgan fingerprint density at radius 3 is 2.47 bits per heavy atom. The first-order valence-electron chi connectivity index (χ1n) is 4.94. The maximum atomic E-state index is 11.9. The number of nitrogens with zero attached hydrogens (tertiary/aromatic N) is 1. The number of carbonyl (C=O) groups is 1. The summed E-state index contributed by atoms with van der Waals surface area (Å²) in [5.41, 5.74) is 6.08. The number of benzene rings is 1. The van der Waals surface area contributed by atoms with Crippen molar-refractivity contribution in [2.45, 2.75) is 6.92 Å². The number of hydrogen-bond acceptors (Lipinski definition) is 2. The van der Waals surface area contributed by atoms with E-state index in [1.807, 2.05) is 6.92 Å². The summed E-state index contributed by atoms with van der Waals surface area (Å²) in [4.78, 5) is 13.6. The summed E-state index contributed by atoms with van der Waals surface area (Å²) < 4.78 is 0. The highest BCUT2D eigenvalue weighted by Crippen LogP contribution is 2.11. The van der Waals surface area contributed by atoms with Gasteiger partial charge in [-0.05, 0) is 31.2 Å². The van der Waals surface area contributed by atoms with Crippen LogP contribution in [-0.4, -0.2) is 30.4 Å². The lowest BCUT2D eigenvalue weighted by atomic mass is 10.2. The van der Waals surface area contributed by atoms with Gasteiger partial charge in [0.25, 0.3) is 5.91 Å². The fourth-order valence-electron chi connectivity index (χ4n) is 1.33. The topological polar surface area (TPSA) is 46.3 Å². The lowest BCUT2D eigenvalue weighted by Crippen LogP contribution is -2.35. The van der Waals surface area contributed by atoms with E-state index in [0.717, 1.165) is 0 Å². The minimum Gasteiger partial charge on any atom is -0.338 e. The van der Waals surface area contributed by atoms with E-state index < -0.39 is 0 Å². The second-order valence-corrected chi connectivity index (χ2v) is 3.62. The molecule has 0 aliphatic heterocycles. The molecule has 0 saturated carbocycles. The van der Waals surface area contributed by atoms with Crippen LogP contribution < -0.4 is 5.73 Å². The fraction of sp³-hybridized carbons (Fsp3) is 0.364. The molecule has 0 fully saturated rings. The first-order chi connectivity index (χ1) is 7.19. The van der Waals surface area contributed by atoms with Crippen LogP contribution in [-0.2, 0) is 0 Å². The maximum absolute atomic E-state index is 11.9. The van der Waals surface area contributed by atoms with Crippen molar-refractivity contribution >= 4 is 17.5 Å². The standard InChI is InChI=1S/C11H15ClN2O/c1-2-14(8-7-13)11(15)9-3-5-10(12)6-4-9/h3-6H,2,7-8,13H2,1H3. The number of hydrogen-bond donors (Lipinski definition) is 1. The molecule has 0 bridgehead atoms. The van der Waals surface area contributed by atoms with Crippen LogP contribution >= 0.6 is 11.6 Å². The van der Waals surface area contributed by atoms with Gasteiger partial charge >= 0.3 is 0 Å². The van der Waals surface area contributed by atoms with Gasteiger partial charge in [-0.25, -0.2) is 0 Å². The van der Waals surface area contributed by atoms with Crippen LogP contribution in [0.5, 0.6) is 0 Å². The molecule has 1 aromatic carbocycles. The van der Waals surface area contributed by atoms with E-state index >= 15 is 0 Å². The van der Waals surface area contributed by atoms with Crippen molar-refractivity contribution in [1.82, 2.24) is 4.90 Å². The molecule has 15 heavy (non-hydrogen) atoms. The molecule has 0 aromatic heterocycles. The number of amides is 1. The Bertz CT molecular complexity index is 324. The molecule has 0 aliphatic carbocycles. The highest BCUT2D eigenvalue weighted by Gasteiger charge is 2.12. The smallest absolute Gasteiger partial charge is 0.253 e. The van der Waals surface area contributed by atoms with E-state index in [9.17, 15) is 4.79 Å². The van der Waals surface area contributed by atoms with Crippen molar-refractivity contribution in [2.75, 3.05) is 19.6 Å². The molecule has 2 N–H and O–H groups in total. The summed E-state index contributed by atoms with van der Waals surface area (Å²) in [7, 11) is 0. The van der Waals surface area contributed by atoms with Gasteiger partial charge in [-0.3, -0.25) is 4.79 Å². The first kappa shape index (κ1) is 12.0. The predicted octanol–water partition coefficient (Wildman–Crippen LogP) is 1.76. The molecule has 3 nitrogen and oxygen atoms in total. The Labute approximate surface area is 94.8 Å². The molecule has 1 amide bonds. The van der Waals surface area contributed by atoms with Gasteiger partial charge in [0.15, 0.2) is 0 Å². The fourth-order valence-corrected chi connectivity index (χ4v) is 1.46. The molecule has 4 heteroatoms. The summed E-state index contributed by atoms with van der Waals surface area (Å²) in [6.07, 6.45) is 0. The van der Waals surface area contributed by atoms with Crippen molar-refractivity contribution in [3.63, 3.8) is 0 Å². The third-order valence-electron chi connectivity index (χ3n) is 2.16. The zero-order valence-corrected chi connectivity index (χ0v) is 9.50. The van der Waals surface area contributed by atoms with E-state index in [0.29, 0.717) is 30.2 Å². The van der Waals surface area contributed by atoms with E-state index in [1.54, 1.807) is 29.2 Å². The molecule has 0 unspecified atom stereocenters. The minimum absolute atomic E-state index is 0.000355. The van der Waals surface area contributed by atoms with Crippen molar-refractivity contribution < 1.29 is 4.79 Å². The average molecular weight is 227 g/mol. The molecule has 0 radical (unpaired) electrons. The van der Waals surface area contributed by atoms with Crippen molar-refractivity contribution in [3.05, 3.63) is 34.9 Å². The Hall–Kier alpha value is -1.06. The molecule has 0 heterocycles. The van der Waals surface area contributed by atoms with Crippen LogP contribution in [0.25, 0.3) is 0 Å². The number of rotatable bonds is 4. The van der Waals surface area contributed by atoms with Crippen LogP contribution in [0.3, 0.4) is 0 Å². The normalized spacial score (nSPS) is 10.1. The highest BCUT2D eigenvalue weighted by molar-refractivity contribution is 6.30. The zero-order valence-electron chi connectivity index (χ0n) is 8.74. The molecule has 1 rings (SSSR count). The third kappa shape index (κ3) is 3.22. The number of carbonyl (C=O) groups excluding carboxylic acids is 1. The molecule has 0 atom stereocenters. The summed E-state index contributed by atoms with van der Waals surface area (Å²) in [5, 5.41) is 0.633. The number of likely N-dealkylation sites (N-methyl/N-ethyl adjacent to an activating group) is 1. The summed E-state index contributed by atoms with van der Waals surface area (Å²) >= 11 is 5.75. The van der Waals surface area contributed by atoms with E-state index in [1.165, 1.54) is 0 Å². The molecule has 0 aliphatic rings. The van der Waals surface area contributed by atoms with Crippen LogP contribution in [0, 0.1) is 0 Å². The monoisotopic (exact) mass is 226 g/mol. The van der Waals surface area contributed by atoms with Gasteiger partial charge in [-0.1, -0.05) is 11.6 Å². The van der Waals surface area contributed by atoms with Crippen LogP contribution in [0.2, 0.25) is 5.02 Å². The number of halogens is 1. The van der Waals surface area contributed by atoms with E-state index in [4.69, 9.17) is 17.3 Å². The van der Waals surface area contributed by atoms with Gasteiger partial charge in [0.1, 0.15) is 0 Å². The van der Waals surface area contributed by atoms with E-state index in [2.05, 4.69) is 0 Å². The first-order valence-corrected chi connectivity index (χ1v) is 5.31. The Morgan fingerprint density at radius 2 is 2.00 bits per heavy atom. The van der Waals surface area contributed by atoms with Crippen LogP contribution in [0.1, 0.15) is 17.3 Å². The van der Waals surface area contributed by atoms with Crippen LogP contribution in [0.15, 0.2) is 24.3 Å². The van der Waals surface area contributed by atoms with Gasteiger partial charge < -0.3 is 10.6 Å². The van der Waals surface area contributed by atoms with Crippen molar-refractivity contribution in [2.24, 2.45) is 5.73 Å². The summed E-state index contributed by atoms with van der Waals surface area (Å²) in [5.74, 6) is -0.000355. The molecule has 0 saturated heterocycles. The Kier molecular flexibility index (Phi) is 4.59. The average Bonchev–Trinajstić information content (AvgIpc) is 2.26. The predicted molar refractivity (Wildman–Crippen MR) is 62.1 cm³/mol. The van der Waals surface area contributed by atoms with E-state index in [-0.39, 0.29) is 5.91 Å². The van der Waals surface area contributed by atoms with Gasteiger partial charge in [-0.15, -0.1) is 0 Å². The SMILES string of the molecule is CCN(CCN)C(=O)c1ccc(Cl)cc1. The van der Waals surface area contributed by atoms with Crippen molar-refractivity contribution in [1.29, 1.82) is 0 Å². The van der Waals surface area contributed by atoms with Gasteiger partial charge in [0, 0.05) is 30.2 Å². The largest absolute Gasteiger partial charge is 0.338 e. The minimum atomic E-state index is -0.000355. The van der Waals surface area contributed by atoms with Crippen molar-refractivity contribution in [3.8, 4) is 0 Å². The Balaban J connectivity index is 2.78. The molecule has 0 spiro atoms.